The largest absolute Gasteiger partial charge is 0.481 e. The Bertz CT molecular complexity index is 432. The molecular formula is C20H34O5. The number of hydrogen-bond donors (Lipinski definition) is 4. The van der Waals surface area contributed by atoms with Gasteiger partial charge in [-0.15, -0.1) is 0 Å². The molecule has 0 aromatic carbocycles. The average Bonchev–Trinajstić information content (AvgIpc) is 2.81. The van der Waals surface area contributed by atoms with Gasteiger partial charge in [-0.2, -0.15) is 0 Å². The summed E-state index contributed by atoms with van der Waals surface area (Å²) in [6.07, 6.45) is 12.4. The SMILES string of the molecule is CCCCC/C=C\C[C@@H]1[C@H](/C=C/[C@@H](O)CCCC(=O)O)[C@@H](O)C[C@H]1O. The van der Waals surface area contributed by atoms with Crippen molar-refractivity contribution in [3.8, 4) is 0 Å². The molecule has 1 fully saturated rings. The average molecular weight is 354 g/mol. The maximum atomic E-state index is 10.5. The number of carboxylic acid groups (broad SMARTS) is 1. The third-order valence-electron chi connectivity index (χ3n) is 4.91. The molecule has 1 rings (SSSR count). The highest BCUT2D eigenvalue weighted by molar-refractivity contribution is 5.66. The van der Waals surface area contributed by atoms with Gasteiger partial charge in [0.05, 0.1) is 18.3 Å². The van der Waals surface area contributed by atoms with Crippen LogP contribution < -0.4 is 0 Å². The van der Waals surface area contributed by atoms with Crippen molar-refractivity contribution in [3.05, 3.63) is 24.3 Å². The van der Waals surface area contributed by atoms with Crippen LogP contribution in [0.4, 0.5) is 0 Å². The number of unbranched alkanes of at least 4 members (excludes halogenated alkanes) is 3. The van der Waals surface area contributed by atoms with E-state index in [9.17, 15) is 20.1 Å². The van der Waals surface area contributed by atoms with Crippen LogP contribution in [0.15, 0.2) is 24.3 Å². The molecule has 0 aromatic rings. The van der Waals surface area contributed by atoms with Crippen LogP contribution in [0.1, 0.15) is 64.7 Å². The van der Waals surface area contributed by atoms with Gasteiger partial charge in [-0.05, 0) is 38.0 Å². The predicted octanol–water partition coefficient (Wildman–Crippen LogP) is 3.04. The van der Waals surface area contributed by atoms with E-state index in [4.69, 9.17) is 5.11 Å². The highest BCUT2D eigenvalue weighted by Crippen LogP contribution is 2.36. The number of rotatable bonds is 12. The molecule has 0 saturated heterocycles. The fourth-order valence-electron chi connectivity index (χ4n) is 3.41. The first-order chi connectivity index (χ1) is 12.0. The lowest BCUT2D eigenvalue weighted by atomic mass is 9.89. The number of allylic oxidation sites excluding steroid dienone is 2. The minimum atomic E-state index is -0.865. The lowest BCUT2D eigenvalue weighted by molar-refractivity contribution is -0.137. The monoisotopic (exact) mass is 354 g/mol. The van der Waals surface area contributed by atoms with E-state index in [0.717, 1.165) is 6.42 Å². The van der Waals surface area contributed by atoms with Gasteiger partial charge < -0.3 is 20.4 Å². The van der Waals surface area contributed by atoms with Crippen LogP contribution in [-0.4, -0.2) is 44.7 Å². The van der Waals surface area contributed by atoms with E-state index in [1.165, 1.54) is 19.3 Å². The first kappa shape index (κ1) is 21.9. The Morgan fingerprint density at radius 1 is 1.16 bits per heavy atom. The second-order valence-corrected chi connectivity index (χ2v) is 7.05. The minimum absolute atomic E-state index is 0.0418. The Balaban J connectivity index is 2.47. The zero-order valence-corrected chi connectivity index (χ0v) is 15.3. The summed E-state index contributed by atoms with van der Waals surface area (Å²) >= 11 is 0. The number of hydrogen-bond acceptors (Lipinski definition) is 4. The van der Waals surface area contributed by atoms with Gasteiger partial charge in [0.25, 0.3) is 0 Å². The van der Waals surface area contributed by atoms with Gasteiger partial charge in [0.2, 0.25) is 0 Å². The van der Waals surface area contributed by atoms with Gasteiger partial charge >= 0.3 is 5.97 Å². The van der Waals surface area contributed by atoms with Crippen molar-refractivity contribution in [1.82, 2.24) is 0 Å². The molecule has 5 atom stereocenters. The van der Waals surface area contributed by atoms with Crippen molar-refractivity contribution < 1.29 is 25.2 Å². The number of aliphatic hydroxyl groups is 3. The predicted molar refractivity (Wildman–Crippen MR) is 98.1 cm³/mol. The third kappa shape index (κ3) is 8.66. The minimum Gasteiger partial charge on any atom is -0.481 e. The van der Waals surface area contributed by atoms with Crippen LogP contribution in [0, 0.1) is 11.8 Å². The van der Waals surface area contributed by atoms with E-state index in [-0.39, 0.29) is 18.3 Å². The van der Waals surface area contributed by atoms with E-state index in [1.54, 1.807) is 12.2 Å². The summed E-state index contributed by atoms with van der Waals surface area (Å²) in [4.78, 5) is 10.5. The molecule has 0 aliphatic heterocycles. The number of aliphatic hydroxyl groups excluding tert-OH is 3. The molecule has 0 amide bonds. The van der Waals surface area contributed by atoms with Crippen molar-refractivity contribution in [1.29, 1.82) is 0 Å². The zero-order valence-electron chi connectivity index (χ0n) is 15.3. The van der Waals surface area contributed by atoms with Gasteiger partial charge in [0.15, 0.2) is 0 Å². The van der Waals surface area contributed by atoms with Crippen LogP contribution in [0.2, 0.25) is 0 Å². The van der Waals surface area contributed by atoms with Gasteiger partial charge in [-0.1, -0.05) is 44.1 Å². The van der Waals surface area contributed by atoms with Crippen molar-refractivity contribution >= 4 is 5.97 Å². The molecule has 4 N–H and O–H groups in total. The van der Waals surface area contributed by atoms with Gasteiger partial charge in [0.1, 0.15) is 0 Å². The quantitative estimate of drug-likeness (QED) is 0.319. The molecule has 1 aliphatic rings. The zero-order chi connectivity index (χ0) is 18.7. The molecule has 0 heterocycles. The highest BCUT2D eigenvalue weighted by atomic mass is 16.4. The van der Waals surface area contributed by atoms with Crippen LogP contribution in [0.5, 0.6) is 0 Å². The maximum absolute atomic E-state index is 10.5. The maximum Gasteiger partial charge on any atom is 0.303 e. The Morgan fingerprint density at radius 2 is 1.92 bits per heavy atom. The molecule has 5 nitrogen and oxygen atoms in total. The Morgan fingerprint density at radius 3 is 2.60 bits per heavy atom. The van der Waals surface area contributed by atoms with Gasteiger partial charge in [-0.25, -0.2) is 0 Å². The second-order valence-electron chi connectivity index (χ2n) is 7.05. The van der Waals surface area contributed by atoms with E-state index >= 15 is 0 Å². The summed E-state index contributed by atoms with van der Waals surface area (Å²) in [6.45, 7) is 2.17. The van der Waals surface area contributed by atoms with E-state index in [1.807, 2.05) is 0 Å². The standard InChI is InChI=1S/C20H34O5/c1-2-3-4-5-6-7-10-16-17(19(23)14-18(16)22)13-12-15(21)9-8-11-20(24)25/h6-7,12-13,15-19,21-23H,2-5,8-11,14H2,1H3,(H,24,25)/b7-6-,13-12+/t15-,16+,17-,18+,19-/m0/s1. The molecule has 5 heteroatoms. The number of carbonyl (C=O) groups is 1. The summed E-state index contributed by atoms with van der Waals surface area (Å²) < 4.78 is 0. The molecule has 25 heavy (non-hydrogen) atoms. The molecule has 1 saturated carbocycles. The molecule has 0 unspecified atom stereocenters. The number of carboxylic acids is 1. The number of aliphatic carboxylic acids is 1. The van der Waals surface area contributed by atoms with Gasteiger partial charge in [0, 0.05) is 18.8 Å². The fraction of sp³-hybridized carbons (Fsp3) is 0.750. The highest BCUT2D eigenvalue weighted by Gasteiger charge is 2.39. The summed E-state index contributed by atoms with van der Waals surface area (Å²) in [5.41, 5.74) is 0. The van der Waals surface area contributed by atoms with Crippen molar-refractivity contribution in [2.75, 3.05) is 0 Å². The van der Waals surface area contributed by atoms with Crippen LogP contribution in [0.25, 0.3) is 0 Å². The third-order valence-corrected chi connectivity index (χ3v) is 4.91. The summed E-state index contributed by atoms with van der Waals surface area (Å²) in [5, 5.41) is 38.9. The van der Waals surface area contributed by atoms with Crippen molar-refractivity contribution in [2.24, 2.45) is 11.8 Å². The van der Waals surface area contributed by atoms with Crippen LogP contribution in [0.3, 0.4) is 0 Å². The summed E-state index contributed by atoms with van der Waals surface area (Å²) in [5.74, 6) is -1.08. The lowest BCUT2D eigenvalue weighted by Crippen LogP contribution is -2.20. The first-order valence-corrected chi connectivity index (χ1v) is 9.55. The van der Waals surface area contributed by atoms with Crippen LogP contribution in [-0.2, 0) is 4.79 Å². The smallest absolute Gasteiger partial charge is 0.303 e. The molecule has 0 radical (unpaired) electrons. The topological polar surface area (TPSA) is 98.0 Å². The second kappa shape index (κ2) is 12.2. The lowest BCUT2D eigenvalue weighted by Gasteiger charge is -2.19. The Labute approximate surface area is 151 Å². The molecule has 0 aromatic heterocycles. The van der Waals surface area contributed by atoms with Crippen molar-refractivity contribution in [3.63, 3.8) is 0 Å². The van der Waals surface area contributed by atoms with Crippen LogP contribution >= 0.6 is 0 Å². The molecule has 144 valence electrons. The summed E-state index contributed by atoms with van der Waals surface area (Å²) in [7, 11) is 0. The molecule has 0 spiro atoms. The molecule has 1 aliphatic carbocycles. The Kier molecular flexibility index (Phi) is 10.7. The normalized spacial score (nSPS) is 28.2. The fourth-order valence-corrected chi connectivity index (χ4v) is 3.41. The summed E-state index contributed by atoms with van der Waals surface area (Å²) in [6, 6.07) is 0. The molecule has 0 bridgehead atoms. The van der Waals surface area contributed by atoms with E-state index < -0.39 is 24.3 Å². The first-order valence-electron chi connectivity index (χ1n) is 9.55. The molecular weight excluding hydrogens is 320 g/mol. The van der Waals surface area contributed by atoms with E-state index in [0.29, 0.717) is 25.7 Å². The van der Waals surface area contributed by atoms with Gasteiger partial charge in [-0.3, -0.25) is 4.79 Å². The Hall–Kier alpha value is -1.17. The van der Waals surface area contributed by atoms with E-state index in [2.05, 4.69) is 19.1 Å². The van der Waals surface area contributed by atoms with Crippen molar-refractivity contribution in [2.45, 2.75) is 83.0 Å².